The molecular formula is C19H26N8O4S. The van der Waals surface area contributed by atoms with Gasteiger partial charge in [0, 0.05) is 42.3 Å². The summed E-state index contributed by atoms with van der Waals surface area (Å²) in [6.07, 6.45) is 0. The van der Waals surface area contributed by atoms with Crippen LogP contribution in [0.5, 0.6) is 5.75 Å². The number of aromatic nitrogens is 3. The molecule has 1 aromatic heterocycles. The van der Waals surface area contributed by atoms with Gasteiger partial charge in [0.2, 0.25) is 17.8 Å². The predicted octanol–water partition coefficient (Wildman–Crippen LogP) is 1.24. The van der Waals surface area contributed by atoms with E-state index in [4.69, 9.17) is 11.5 Å². The second kappa shape index (κ2) is 9.48. The topological polar surface area (TPSA) is 201 Å². The molecule has 12 nitrogen and oxygen atoms in total. The van der Waals surface area contributed by atoms with E-state index in [1.165, 1.54) is 6.07 Å². The van der Waals surface area contributed by atoms with Crippen molar-refractivity contribution in [3.63, 3.8) is 0 Å². The molecule has 3 aromatic rings. The Balaban J connectivity index is 1.94. The fourth-order valence-corrected chi connectivity index (χ4v) is 3.31. The molecule has 1 heterocycles. The Morgan fingerprint density at radius 1 is 0.938 bits per heavy atom. The molecule has 0 saturated heterocycles. The van der Waals surface area contributed by atoms with Crippen LogP contribution in [0.4, 0.5) is 23.5 Å². The van der Waals surface area contributed by atoms with Crippen molar-refractivity contribution in [2.24, 2.45) is 11.5 Å². The highest BCUT2D eigenvalue weighted by Gasteiger charge is 2.14. The second-order valence-electron chi connectivity index (χ2n) is 7.50. The van der Waals surface area contributed by atoms with Crippen LogP contribution in [0.25, 0.3) is 10.8 Å². The number of nitrogens with zero attached hydrogens (tertiary/aromatic N) is 3. The van der Waals surface area contributed by atoms with Crippen LogP contribution < -0.4 is 27.4 Å². The average Bonchev–Trinajstić information content (AvgIpc) is 2.69. The molecule has 2 unspecified atom stereocenters. The van der Waals surface area contributed by atoms with E-state index < -0.39 is 15.0 Å². The third kappa shape index (κ3) is 6.13. The third-order valence-corrected chi connectivity index (χ3v) is 5.09. The first kappa shape index (κ1) is 23.4. The maximum atomic E-state index is 11.5. The molecule has 0 aliphatic heterocycles. The summed E-state index contributed by atoms with van der Waals surface area (Å²) in [6, 6.07) is 6.88. The van der Waals surface area contributed by atoms with Gasteiger partial charge in [0.15, 0.2) is 0 Å². The van der Waals surface area contributed by atoms with Gasteiger partial charge in [-0.2, -0.15) is 23.4 Å². The number of hydrogen-bond donors (Lipinski definition) is 7. The zero-order valence-electron chi connectivity index (χ0n) is 17.6. The lowest BCUT2D eigenvalue weighted by Gasteiger charge is -2.13. The van der Waals surface area contributed by atoms with Crippen LogP contribution in [0.15, 0.2) is 35.2 Å². The molecule has 32 heavy (non-hydrogen) atoms. The average molecular weight is 463 g/mol. The van der Waals surface area contributed by atoms with Gasteiger partial charge in [0.25, 0.3) is 10.1 Å². The first-order chi connectivity index (χ1) is 15.0. The van der Waals surface area contributed by atoms with Crippen molar-refractivity contribution >= 4 is 44.4 Å². The van der Waals surface area contributed by atoms with E-state index in [1.807, 2.05) is 13.8 Å². The van der Waals surface area contributed by atoms with Crippen LogP contribution in [-0.4, -0.2) is 58.2 Å². The molecule has 0 radical (unpaired) electrons. The van der Waals surface area contributed by atoms with E-state index in [1.54, 1.807) is 18.2 Å². The van der Waals surface area contributed by atoms with Crippen molar-refractivity contribution < 1.29 is 18.1 Å². The van der Waals surface area contributed by atoms with Crippen molar-refractivity contribution in [3.05, 3.63) is 30.3 Å². The highest BCUT2D eigenvalue weighted by atomic mass is 32.2. The first-order valence-corrected chi connectivity index (χ1v) is 11.2. The minimum absolute atomic E-state index is 0.117. The van der Waals surface area contributed by atoms with Gasteiger partial charge in [-0.25, -0.2) is 0 Å². The molecule has 2 atom stereocenters. The molecule has 0 aliphatic carbocycles. The minimum atomic E-state index is -4.48. The van der Waals surface area contributed by atoms with Gasteiger partial charge in [-0.05, 0) is 43.5 Å². The Hall–Kier alpha value is -3.26. The summed E-state index contributed by atoms with van der Waals surface area (Å²) in [5, 5.41) is 20.0. The van der Waals surface area contributed by atoms with Crippen molar-refractivity contribution in [1.82, 2.24) is 15.0 Å². The molecular weight excluding hydrogens is 436 g/mol. The lowest BCUT2D eigenvalue weighted by atomic mass is 10.1. The Morgan fingerprint density at radius 3 is 2.03 bits per heavy atom. The normalized spacial score (nSPS) is 13.5. The Labute approximate surface area is 185 Å². The molecule has 0 saturated carbocycles. The minimum Gasteiger partial charge on any atom is -0.507 e. The largest absolute Gasteiger partial charge is 0.507 e. The number of rotatable bonds is 9. The zero-order chi connectivity index (χ0) is 23.5. The molecule has 0 amide bonds. The second-order valence-corrected chi connectivity index (χ2v) is 8.92. The van der Waals surface area contributed by atoms with E-state index >= 15 is 0 Å². The van der Waals surface area contributed by atoms with E-state index in [0.29, 0.717) is 41.4 Å². The van der Waals surface area contributed by atoms with Gasteiger partial charge >= 0.3 is 0 Å². The molecule has 3 rings (SSSR count). The first-order valence-electron chi connectivity index (χ1n) is 9.77. The van der Waals surface area contributed by atoms with E-state index in [9.17, 15) is 18.1 Å². The van der Waals surface area contributed by atoms with E-state index in [2.05, 4.69) is 30.9 Å². The zero-order valence-corrected chi connectivity index (χ0v) is 18.4. The number of fused-ring (bicyclic) bond motifs is 1. The maximum absolute atomic E-state index is 11.5. The summed E-state index contributed by atoms with van der Waals surface area (Å²) >= 11 is 0. The predicted molar refractivity (Wildman–Crippen MR) is 123 cm³/mol. The number of aromatic hydroxyl groups is 1. The Morgan fingerprint density at radius 2 is 1.50 bits per heavy atom. The molecule has 172 valence electrons. The van der Waals surface area contributed by atoms with Crippen LogP contribution in [0.2, 0.25) is 0 Å². The van der Waals surface area contributed by atoms with Crippen molar-refractivity contribution in [2.75, 3.05) is 29.0 Å². The summed E-state index contributed by atoms with van der Waals surface area (Å²) in [7, 11) is -4.48. The summed E-state index contributed by atoms with van der Waals surface area (Å²) in [6.45, 7) is 4.58. The number of benzene rings is 2. The maximum Gasteiger partial charge on any atom is 0.294 e. The van der Waals surface area contributed by atoms with Gasteiger partial charge in [-0.1, -0.05) is 0 Å². The van der Waals surface area contributed by atoms with E-state index in [-0.39, 0.29) is 23.8 Å². The van der Waals surface area contributed by atoms with Crippen molar-refractivity contribution in [1.29, 1.82) is 0 Å². The number of anilines is 4. The third-order valence-electron chi connectivity index (χ3n) is 4.26. The molecule has 0 bridgehead atoms. The van der Waals surface area contributed by atoms with Gasteiger partial charge in [-0.15, -0.1) is 0 Å². The van der Waals surface area contributed by atoms with Gasteiger partial charge in [0.05, 0.1) is 4.90 Å². The summed E-state index contributed by atoms with van der Waals surface area (Å²) < 4.78 is 32.2. The van der Waals surface area contributed by atoms with Crippen molar-refractivity contribution in [2.45, 2.75) is 30.8 Å². The van der Waals surface area contributed by atoms with Crippen LogP contribution in [0, 0.1) is 0 Å². The molecule has 2 aromatic carbocycles. The van der Waals surface area contributed by atoms with Crippen LogP contribution in [-0.2, 0) is 10.1 Å². The molecule has 9 N–H and O–H groups in total. The van der Waals surface area contributed by atoms with Crippen LogP contribution >= 0.6 is 0 Å². The van der Waals surface area contributed by atoms with Gasteiger partial charge in [0.1, 0.15) is 5.75 Å². The molecule has 0 fully saturated rings. The van der Waals surface area contributed by atoms with Gasteiger partial charge < -0.3 is 32.5 Å². The molecule has 0 aliphatic rings. The Bertz CT molecular complexity index is 1190. The summed E-state index contributed by atoms with van der Waals surface area (Å²) in [5.41, 5.74) is 12.1. The Kier molecular flexibility index (Phi) is 6.93. The number of phenols is 1. The van der Waals surface area contributed by atoms with Gasteiger partial charge in [-0.3, -0.25) is 4.55 Å². The lowest BCUT2D eigenvalue weighted by Crippen LogP contribution is -2.27. The number of hydrogen-bond acceptors (Lipinski definition) is 11. The smallest absolute Gasteiger partial charge is 0.294 e. The van der Waals surface area contributed by atoms with E-state index in [0.717, 1.165) is 6.07 Å². The van der Waals surface area contributed by atoms with Crippen LogP contribution in [0.1, 0.15) is 13.8 Å². The molecule has 0 spiro atoms. The standard InChI is InChI=1S/C19H26N8O4S/c1-10(20)8-22-17-25-18(23-9-11(2)21)27-19(26-17)24-13-3-4-15-12(5-13)6-14(7-16(15)28)32(29,30)31/h3-7,10-11,28H,8-9,20-21H2,1-2H3,(H,29,30,31)(H3,22,23,24,25,26,27). The fourth-order valence-electron chi connectivity index (χ4n) is 2.77. The SMILES string of the molecule is CC(N)CNc1nc(NCC(C)N)nc(Nc2ccc3c(O)cc(S(=O)(=O)O)cc3c2)n1. The lowest BCUT2D eigenvalue weighted by molar-refractivity contribution is 0.471. The number of phenolic OH excluding ortho intramolecular Hbond substituents is 1. The fraction of sp³-hybridized carbons (Fsp3) is 0.316. The quantitative estimate of drug-likeness (QED) is 0.225. The number of nitrogens with one attached hydrogen (secondary N) is 3. The van der Waals surface area contributed by atoms with Crippen molar-refractivity contribution in [3.8, 4) is 5.75 Å². The summed E-state index contributed by atoms with van der Waals surface area (Å²) in [5.74, 6) is 0.554. The number of nitrogens with two attached hydrogens (primary N) is 2. The highest BCUT2D eigenvalue weighted by Crippen LogP contribution is 2.31. The van der Waals surface area contributed by atoms with Crippen LogP contribution in [0.3, 0.4) is 0 Å². The molecule has 13 heteroatoms. The summed E-state index contributed by atoms with van der Waals surface area (Å²) in [4.78, 5) is 12.5. The monoisotopic (exact) mass is 462 g/mol. The highest BCUT2D eigenvalue weighted by molar-refractivity contribution is 7.85.